The van der Waals surface area contributed by atoms with Gasteiger partial charge in [0.15, 0.2) is 5.11 Å². The van der Waals surface area contributed by atoms with Crippen LogP contribution in [0.5, 0.6) is 0 Å². The van der Waals surface area contributed by atoms with Gasteiger partial charge in [0.1, 0.15) is 0 Å². The number of nitrogens with zero attached hydrogens (tertiary/aromatic N) is 2. The summed E-state index contributed by atoms with van der Waals surface area (Å²) < 4.78 is 0. The second-order valence-corrected chi connectivity index (χ2v) is 5.62. The molecule has 0 bridgehead atoms. The highest BCUT2D eigenvalue weighted by Crippen LogP contribution is 2.19. The van der Waals surface area contributed by atoms with Gasteiger partial charge in [-0.25, -0.2) is 0 Å². The molecular weight excluding hydrogens is 266 g/mol. The number of hydrogen-bond donors (Lipinski definition) is 1. The number of likely N-dealkylation sites (N-methyl/N-ethyl adjacent to an activating group) is 1. The van der Waals surface area contributed by atoms with Crippen molar-refractivity contribution in [3.8, 4) is 0 Å². The minimum absolute atomic E-state index is 0.477. The highest BCUT2D eigenvalue weighted by Gasteiger charge is 2.11. The first-order valence-corrected chi connectivity index (χ1v) is 7.77. The Morgan fingerprint density at radius 2 is 2.15 bits per heavy atom. The van der Waals surface area contributed by atoms with Crippen molar-refractivity contribution >= 4 is 23.7 Å². The molecule has 1 fully saturated rings. The topological polar surface area (TPSA) is 27.6 Å². The van der Waals surface area contributed by atoms with Crippen molar-refractivity contribution in [3.05, 3.63) is 36.1 Å². The number of hydrogen-bond acceptors (Lipinski definition) is 2. The van der Waals surface area contributed by atoms with Crippen molar-refractivity contribution < 1.29 is 0 Å². The Balaban J connectivity index is 1.81. The fourth-order valence-electron chi connectivity index (χ4n) is 2.46. The molecule has 3 nitrogen and oxygen atoms in total. The van der Waals surface area contributed by atoms with E-state index >= 15 is 0 Å². The molecule has 1 saturated carbocycles. The Morgan fingerprint density at radius 3 is 2.95 bits per heavy atom. The average Bonchev–Trinajstić information content (AvgIpc) is 2.76. The zero-order chi connectivity index (χ0) is 14.2. The van der Waals surface area contributed by atoms with Crippen LogP contribution in [-0.2, 0) is 0 Å². The molecule has 108 valence electrons. The Hall–Kier alpha value is -1.42. The van der Waals surface area contributed by atoms with Crippen LogP contribution in [0.2, 0.25) is 0 Å². The van der Waals surface area contributed by atoms with Gasteiger partial charge in [0.2, 0.25) is 0 Å². The molecule has 4 heteroatoms. The Bertz CT molecular complexity index is 443. The molecule has 0 aromatic carbocycles. The molecule has 0 aromatic heterocycles. The summed E-state index contributed by atoms with van der Waals surface area (Å²) in [6.07, 6.45) is 19.5. The normalized spacial score (nSPS) is 19.8. The van der Waals surface area contributed by atoms with E-state index in [2.05, 4.69) is 34.6 Å². The van der Waals surface area contributed by atoms with Crippen molar-refractivity contribution in [2.45, 2.75) is 44.6 Å². The van der Waals surface area contributed by atoms with E-state index in [-0.39, 0.29) is 0 Å². The van der Waals surface area contributed by atoms with Gasteiger partial charge in [0.05, 0.1) is 12.4 Å². The first-order chi connectivity index (χ1) is 9.77. The lowest BCUT2D eigenvalue weighted by Crippen LogP contribution is -2.35. The summed E-state index contributed by atoms with van der Waals surface area (Å²) >= 11 is 5.40. The molecule has 0 aromatic rings. The van der Waals surface area contributed by atoms with Gasteiger partial charge in [-0.15, -0.1) is 0 Å². The van der Waals surface area contributed by atoms with Crippen molar-refractivity contribution in [1.82, 2.24) is 10.2 Å². The summed E-state index contributed by atoms with van der Waals surface area (Å²) in [5.41, 5.74) is 1.11. The van der Waals surface area contributed by atoms with E-state index in [9.17, 15) is 0 Å². The lowest BCUT2D eigenvalue weighted by atomic mass is 9.96. The smallest absolute Gasteiger partial charge is 0.178 e. The van der Waals surface area contributed by atoms with E-state index in [0.29, 0.717) is 11.2 Å². The molecule has 20 heavy (non-hydrogen) atoms. The zero-order valence-electron chi connectivity index (χ0n) is 12.1. The summed E-state index contributed by atoms with van der Waals surface area (Å²) in [6, 6.07) is 0.477. The maximum atomic E-state index is 5.40. The standard InChI is InChI=1S/C16H23N3S/c1-19(15-11-7-2-3-8-12-15)16(20)18-13-17-14-9-5-4-6-10-14/h2-3,7,11-14H,4-6,8-10H2,1H3,(H,17,18,20). The van der Waals surface area contributed by atoms with Crippen LogP contribution in [0.15, 0.2) is 41.1 Å². The summed E-state index contributed by atoms with van der Waals surface area (Å²) in [5, 5.41) is 3.80. The predicted octanol–water partition coefficient (Wildman–Crippen LogP) is 3.55. The Morgan fingerprint density at radius 1 is 1.35 bits per heavy atom. The van der Waals surface area contributed by atoms with E-state index in [1.54, 1.807) is 6.34 Å². The molecule has 2 rings (SSSR count). The number of allylic oxidation sites excluding steroid dienone is 5. The van der Waals surface area contributed by atoms with Crippen LogP contribution in [-0.4, -0.2) is 29.4 Å². The molecular formula is C16H23N3S. The lowest BCUT2D eigenvalue weighted by molar-refractivity contribution is 0.444. The van der Waals surface area contributed by atoms with Gasteiger partial charge in [0.25, 0.3) is 0 Å². The summed E-state index contributed by atoms with van der Waals surface area (Å²) in [6.45, 7) is 0. The SMILES string of the molecule is CN(C(=S)NC=NC1CCCCC1)C1=CCC=CC=C1. The highest BCUT2D eigenvalue weighted by atomic mass is 32.1. The molecule has 0 unspecified atom stereocenters. The maximum Gasteiger partial charge on any atom is 0.178 e. The Kier molecular flexibility index (Phi) is 5.99. The zero-order valence-corrected chi connectivity index (χ0v) is 12.9. The largest absolute Gasteiger partial charge is 0.323 e. The van der Waals surface area contributed by atoms with Gasteiger partial charge in [-0.3, -0.25) is 4.99 Å². The number of rotatable bonds is 3. The molecule has 0 saturated heterocycles. The predicted molar refractivity (Wildman–Crippen MR) is 89.8 cm³/mol. The Labute approximate surface area is 127 Å². The molecule has 0 aliphatic heterocycles. The summed E-state index contributed by atoms with van der Waals surface area (Å²) in [4.78, 5) is 6.55. The molecule has 0 heterocycles. The van der Waals surface area contributed by atoms with Crippen molar-refractivity contribution in [2.24, 2.45) is 4.99 Å². The minimum atomic E-state index is 0.477. The monoisotopic (exact) mass is 289 g/mol. The van der Waals surface area contributed by atoms with E-state index in [1.807, 2.05) is 18.0 Å². The lowest BCUT2D eigenvalue weighted by Gasteiger charge is -2.21. The van der Waals surface area contributed by atoms with Crippen LogP contribution in [0.3, 0.4) is 0 Å². The minimum Gasteiger partial charge on any atom is -0.323 e. The van der Waals surface area contributed by atoms with Gasteiger partial charge < -0.3 is 10.2 Å². The average molecular weight is 289 g/mol. The van der Waals surface area contributed by atoms with E-state index in [4.69, 9.17) is 12.2 Å². The third-order valence-corrected chi connectivity index (χ3v) is 4.11. The summed E-state index contributed by atoms with van der Waals surface area (Å²) in [7, 11) is 1.98. The van der Waals surface area contributed by atoms with Gasteiger partial charge in [-0.2, -0.15) is 0 Å². The van der Waals surface area contributed by atoms with Crippen LogP contribution in [0.25, 0.3) is 0 Å². The molecule has 0 radical (unpaired) electrons. The molecule has 0 atom stereocenters. The molecule has 0 spiro atoms. The molecule has 1 N–H and O–H groups in total. The van der Waals surface area contributed by atoms with Crippen molar-refractivity contribution in [2.75, 3.05) is 7.05 Å². The van der Waals surface area contributed by atoms with Crippen LogP contribution < -0.4 is 5.32 Å². The number of nitrogens with one attached hydrogen (secondary N) is 1. The first-order valence-electron chi connectivity index (χ1n) is 7.36. The van der Waals surface area contributed by atoms with Crippen LogP contribution in [0.1, 0.15) is 38.5 Å². The van der Waals surface area contributed by atoms with E-state index in [1.165, 1.54) is 32.1 Å². The molecule has 2 aliphatic rings. The second kappa shape index (κ2) is 8.00. The van der Waals surface area contributed by atoms with E-state index < -0.39 is 0 Å². The summed E-state index contributed by atoms with van der Waals surface area (Å²) in [5.74, 6) is 0. The van der Waals surface area contributed by atoms with E-state index in [0.717, 1.165) is 12.1 Å². The molecule has 2 aliphatic carbocycles. The highest BCUT2D eigenvalue weighted by molar-refractivity contribution is 7.80. The van der Waals surface area contributed by atoms with Gasteiger partial charge >= 0.3 is 0 Å². The van der Waals surface area contributed by atoms with Crippen molar-refractivity contribution in [3.63, 3.8) is 0 Å². The second-order valence-electron chi connectivity index (χ2n) is 5.23. The number of aliphatic imine (C=N–C) groups is 1. The van der Waals surface area contributed by atoms with Gasteiger partial charge in [0, 0.05) is 12.7 Å². The van der Waals surface area contributed by atoms with Gasteiger partial charge in [-0.1, -0.05) is 43.6 Å². The van der Waals surface area contributed by atoms with Crippen LogP contribution >= 0.6 is 12.2 Å². The third kappa shape index (κ3) is 4.60. The third-order valence-electron chi connectivity index (χ3n) is 3.72. The first kappa shape index (κ1) is 15.0. The quantitative estimate of drug-likeness (QED) is 0.489. The fraction of sp³-hybridized carbons (Fsp3) is 0.500. The fourth-order valence-corrected chi connectivity index (χ4v) is 2.62. The van der Waals surface area contributed by atoms with Crippen LogP contribution in [0.4, 0.5) is 0 Å². The van der Waals surface area contributed by atoms with Crippen LogP contribution in [0, 0.1) is 0 Å². The maximum absolute atomic E-state index is 5.40. The molecule has 0 amide bonds. The van der Waals surface area contributed by atoms with Crippen molar-refractivity contribution in [1.29, 1.82) is 0 Å². The van der Waals surface area contributed by atoms with Gasteiger partial charge in [-0.05, 0) is 37.6 Å². The number of thiocarbonyl (C=S) groups is 1.